The SMILES string of the molecule is N#Cc1cc2c(c3c1C(F)(F)c1ccccc1C3(F)F)c1cc(-c3cccc4c3c3ccccc3n4-c3ccccc3)cc3c4c5c(c(C#N)cc4n2c13)C(F)(F)c1ccccc1C5(F)F. The van der Waals surface area contributed by atoms with Crippen LogP contribution in [0.4, 0.5) is 35.1 Å². The zero-order chi connectivity index (χ0) is 45.4. The van der Waals surface area contributed by atoms with E-state index in [-0.39, 0.29) is 43.7 Å². The van der Waals surface area contributed by atoms with E-state index in [1.807, 2.05) is 65.2 Å². The molecule has 13 rings (SSSR count). The number of benzene rings is 8. The maximum absolute atomic E-state index is 17.5. The Morgan fingerprint density at radius 2 is 0.833 bits per heavy atom. The predicted octanol–water partition coefficient (Wildman–Crippen LogP) is 14.5. The van der Waals surface area contributed by atoms with Crippen LogP contribution in [0.2, 0.25) is 0 Å². The van der Waals surface area contributed by atoms with Gasteiger partial charge in [-0.1, -0.05) is 97.1 Å². The minimum absolute atomic E-state index is 0.0202. The first-order valence-electron chi connectivity index (χ1n) is 20.7. The summed E-state index contributed by atoms with van der Waals surface area (Å²) in [5.74, 6) is -16.5. The van der Waals surface area contributed by atoms with Gasteiger partial charge in [0.05, 0.1) is 62.0 Å². The summed E-state index contributed by atoms with van der Waals surface area (Å²) in [7, 11) is 0. The molecule has 0 amide bonds. The molecule has 3 heterocycles. The van der Waals surface area contributed by atoms with Crippen molar-refractivity contribution >= 4 is 59.9 Å². The van der Waals surface area contributed by atoms with Gasteiger partial charge in [0.15, 0.2) is 0 Å². The van der Waals surface area contributed by atoms with Crippen molar-refractivity contribution in [3.63, 3.8) is 0 Å². The summed E-state index contributed by atoms with van der Waals surface area (Å²) in [5.41, 5.74) is -7.56. The second kappa shape index (κ2) is 12.3. The molecule has 0 saturated carbocycles. The maximum atomic E-state index is 17.5. The lowest BCUT2D eigenvalue weighted by Gasteiger charge is -2.35. The fraction of sp³-hybridized carbons (Fsp3) is 0.0741. The largest absolute Gasteiger partial charge is 0.309 e. The van der Waals surface area contributed by atoms with Crippen LogP contribution in [0.3, 0.4) is 0 Å². The number of para-hydroxylation sites is 2. The van der Waals surface area contributed by atoms with Gasteiger partial charge in [-0.2, -0.15) is 45.6 Å². The van der Waals surface area contributed by atoms with Crippen LogP contribution in [0.1, 0.15) is 55.6 Å². The van der Waals surface area contributed by atoms with Gasteiger partial charge in [-0.3, -0.25) is 0 Å². The summed E-state index contributed by atoms with van der Waals surface area (Å²) < 4.78 is 141. The van der Waals surface area contributed by atoms with Gasteiger partial charge in [0.25, 0.3) is 11.8 Å². The molecular weight excluding hydrogens is 857 g/mol. The highest BCUT2D eigenvalue weighted by Gasteiger charge is 2.58. The molecule has 0 fully saturated rings. The zero-order valence-corrected chi connectivity index (χ0v) is 33.7. The van der Waals surface area contributed by atoms with Crippen LogP contribution in [0.5, 0.6) is 0 Å². The van der Waals surface area contributed by atoms with Crippen LogP contribution >= 0.6 is 0 Å². The number of rotatable bonds is 2. The Balaban J connectivity index is 1.28. The van der Waals surface area contributed by atoms with Gasteiger partial charge in [-0.05, 0) is 59.7 Å². The summed E-state index contributed by atoms with van der Waals surface area (Å²) in [6.07, 6.45) is 0. The molecule has 12 heteroatoms. The third-order valence-corrected chi connectivity index (χ3v) is 13.7. The molecule has 0 N–H and O–H groups in total. The average molecular weight is 881 g/mol. The maximum Gasteiger partial charge on any atom is 0.300 e. The van der Waals surface area contributed by atoms with Gasteiger partial charge in [0.2, 0.25) is 0 Å². The van der Waals surface area contributed by atoms with Crippen LogP contribution in [0.15, 0.2) is 146 Å². The van der Waals surface area contributed by atoms with Gasteiger partial charge in [-0.25, -0.2) is 0 Å². The standard InChI is InChI=1S/C54H24F8N4/c55-51(56)35-15-5-7-17-37(35)53(59,60)48-44-33-21-27(31-14-10-20-40-43(31)32-13-4-9-19-39(32)65(40)30-11-2-1-3-12-30)22-34-45-42(66(50(33)34)41(44)23-28(25-63)46(48)51)24-29(26-64)47-49(45)54(61,62)38-18-8-6-16-36(38)52(47,57)58/h1-24H. The van der Waals surface area contributed by atoms with Crippen LogP contribution in [0, 0.1) is 22.7 Å². The lowest BCUT2D eigenvalue weighted by atomic mass is 9.76. The van der Waals surface area contributed by atoms with Crippen molar-refractivity contribution in [3.05, 3.63) is 201 Å². The van der Waals surface area contributed by atoms with E-state index in [9.17, 15) is 10.5 Å². The van der Waals surface area contributed by atoms with Crippen molar-refractivity contribution in [3.8, 4) is 29.0 Å². The minimum atomic E-state index is -4.13. The van der Waals surface area contributed by atoms with Gasteiger partial charge < -0.3 is 8.97 Å². The number of hydrogen-bond acceptors (Lipinski definition) is 2. The molecule has 3 aromatic heterocycles. The zero-order valence-electron chi connectivity index (χ0n) is 33.7. The molecule has 0 aliphatic heterocycles. The average Bonchev–Trinajstić information content (AvgIpc) is 3.96. The first kappa shape index (κ1) is 38.3. The summed E-state index contributed by atoms with van der Waals surface area (Å²) in [6.45, 7) is 0. The van der Waals surface area contributed by atoms with Crippen molar-refractivity contribution in [2.45, 2.75) is 23.7 Å². The minimum Gasteiger partial charge on any atom is -0.309 e. The number of nitriles is 2. The van der Waals surface area contributed by atoms with Gasteiger partial charge in [0.1, 0.15) is 0 Å². The molecule has 0 saturated heterocycles. The van der Waals surface area contributed by atoms with Crippen molar-refractivity contribution < 1.29 is 35.1 Å². The number of nitrogens with zero attached hydrogens (tertiary/aromatic N) is 4. The third-order valence-electron chi connectivity index (χ3n) is 13.7. The Morgan fingerprint density at radius 3 is 1.33 bits per heavy atom. The lowest BCUT2D eigenvalue weighted by molar-refractivity contribution is -0.0104. The molecule has 0 spiro atoms. The number of aromatic nitrogens is 2. The molecule has 66 heavy (non-hydrogen) atoms. The Hall–Kier alpha value is -8.22. The second-order valence-electron chi connectivity index (χ2n) is 16.9. The quantitative estimate of drug-likeness (QED) is 0.162. The molecule has 11 aromatic rings. The van der Waals surface area contributed by atoms with E-state index in [0.29, 0.717) is 10.9 Å². The number of fused-ring (bicyclic) bond motifs is 15. The van der Waals surface area contributed by atoms with Gasteiger partial charge in [-0.15, -0.1) is 0 Å². The highest BCUT2D eigenvalue weighted by Crippen LogP contribution is 2.61. The summed E-state index contributed by atoms with van der Waals surface area (Å²) in [6, 6.07) is 39.4. The van der Waals surface area contributed by atoms with Crippen LogP contribution in [-0.2, 0) is 23.7 Å². The molecular formula is C54H24F8N4. The number of halogens is 8. The Morgan fingerprint density at radius 1 is 0.394 bits per heavy atom. The fourth-order valence-electron chi connectivity index (χ4n) is 11.2. The molecule has 8 aromatic carbocycles. The van der Waals surface area contributed by atoms with E-state index in [1.54, 1.807) is 24.3 Å². The predicted molar refractivity (Wildman–Crippen MR) is 235 cm³/mol. The molecule has 2 aliphatic rings. The van der Waals surface area contributed by atoms with Gasteiger partial charge >= 0.3 is 11.8 Å². The first-order chi connectivity index (χ1) is 31.7. The highest BCUT2D eigenvalue weighted by atomic mass is 19.3. The van der Waals surface area contributed by atoms with Crippen LogP contribution in [0.25, 0.3) is 76.7 Å². The second-order valence-corrected chi connectivity index (χ2v) is 16.9. The van der Waals surface area contributed by atoms with Crippen LogP contribution < -0.4 is 0 Å². The van der Waals surface area contributed by atoms with E-state index in [1.165, 1.54) is 40.8 Å². The normalized spacial score (nSPS) is 16.3. The Labute approximate surface area is 367 Å². The molecule has 0 bridgehead atoms. The molecule has 0 atom stereocenters. The smallest absolute Gasteiger partial charge is 0.300 e. The topological polar surface area (TPSA) is 56.9 Å². The molecule has 0 radical (unpaired) electrons. The summed E-state index contributed by atoms with van der Waals surface area (Å²) in [4.78, 5) is 0. The van der Waals surface area contributed by atoms with Crippen molar-refractivity contribution in [1.82, 2.24) is 8.97 Å². The lowest BCUT2D eigenvalue weighted by Crippen LogP contribution is -2.34. The van der Waals surface area contributed by atoms with E-state index in [2.05, 4.69) is 0 Å². The van der Waals surface area contributed by atoms with E-state index in [0.717, 1.165) is 58.5 Å². The van der Waals surface area contributed by atoms with Crippen molar-refractivity contribution in [2.75, 3.05) is 0 Å². The first-order valence-corrected chi connectivity index (χ1v) is 20.7. The van der Waals surface area contributed by atoms with E-state index < -0.39 is 79.3 Å². The molecule has 316 valence electrons. The number of alkyl halides is 8. The summed E-state index contributed by atoms with van der Waals surface area (Å²) >= 11 is 0. The molecule has 4 nitrogen and oxygen atoms in total. The fourth-order valence-corrected chi connectivity index (χ4v) is 11.2. The van der Waals surface area contributed by atoms with Gasteiger partial charge in [0, 0.05) is 71.4 Å². The Bertz CT molecular complexity index is 3910. The van der Waals surface area contributed by atoms with E-state index in [4.69, 9.17) is 0 Å². The Kier molecular flexibility index (Phi) is 7.14. The van der Waals surface area contributed by atoms with E-state index >= 15 is 35.1 Å². The third kappa shape index (κ3) is 4.41. The van der Waals surface area contributed by atoms with Crippen LogP contribution in [-0.4, -0.2) is 8.97 Å². The highest BCUT2D eigenvalue weighted by molar-refractivity contribution is 6.27. The number of hydrogen-bond donors (Lipinski definition) is 0. The van der Waals surface area contributed by atoms with Crippen molar-refractivity contribution in [2.24, 2.45) is 0 Å². The molecule has 2 aliphatic carbocycles. The monoisotopic (exact) mass is 880 g/mol. The van der Waals surface area contributed by atoms with Crippen molar-refractivity contribution in [1.29, 1.82) is 10.5 Å². The molecule has 0 unspecified atom stereocenters. The summed E-state index contributed by atoms with van der Waals surface area (Å²) in [5, 5.41) is 21.5.